The predicted molar refractivity (Wildman–Crippen MR) is 153 cm³/mol. The van der Waals surface area contributed by atoms with Gasteiger partial charge in [0.2, 0.25) is 0 Å². The van der Waals surface area contributed by atoms with Crippen molar-refractivity contribution in [1.82, 2.24) is 14.9 Å². The van der Waals surface area contributed by atoms with Crippen molar-refractivity contribution in [3.63, 3.8) is 0 Å². The smallest absolute Gasteiger partial charge is 0.251 e. The molecule has 1 heterocycles. The fourth-order valence-corrected chi connectivity index (χ4v) is 4.65. The Hall–Kier alpha value is -3.77. The number of methoxy groups -OCH3 is 1. The van der Waals surface area contributed by atoms with E-state index in [1.54, 1.807) is 31.4 Å². The number of unbranched alkanes of at least 4 members (excludes halogenated alkanes) is 2. The molecule has 0 aliphatic heterocycles. The molecule has 0 aliphatic carbocycles. The monoisotopic (exact) mass is 531 g/mol. The Balaban J connectivity index is 1.30. The maximum atomic E-state index is 12.3. The highest BCUT2D eigenvalue weighted by Gasteiger charge is 2.12. The maximum absolute atomic E-state index is 12.3. The Bertz CT molecular complexity index is 1380. The van der Waals surface area contributed by atoms with E-state index in [0.717, 1.165) is 66.0 Å². The lowest BCUT2D eigenvalue weighted by Gasteiger charge is -2.14. The third kappa shape index (κ3) is 7.17. The number of hydrogen-bond donors (Lipinski definition) is 1. The van der Waals surface area contributed by atoms with Gasteiger partial charge in [0.1, 0.15) is 12.4 Å². The van der Waals surface area contributed by atoms with Gasteiger partial charge in [-0.2, -0.15) is 0 Å². The molecule has 0 saturated carbocycles. The van der Waals surface area contributed by atoms with E-state index in [1.165, 1.54) is 0 Å². The van der Waals surface area contributed by atoms with Gasteiger partial charge in [0.25, 0.3) is 5.91 Å². The Morgan fingerprint density at radius 2 is 1.92 bits per heavy atom. The Labute approximate surface area is 229 Å². The topological polar surface area (TPSA) is 65.4 Å². The van der Waals surface area contributed by atoms with E-state index < -0.39 is 0 Å². The Kier molecular flexibility index (Phi) is 9.82. The summed E-state index contributed by atoms with van der Waals surface area (Å²) in [6.45, 7) is 5.61. The van der Waals surface area contributed by atoms with Crippen LogP contribution >= 0.6 is 11.6 Å². The number of fused-ring (bicyclic) bond motifs is 1. The summed E-state index contributed by atoms with van der Waals surface area (Å²) in [6.07, 6.45) is 6.39. The van der Waals surface area contributed by atoms with Gasteiger partial charge in [-0.1, -0.05) is 48.4 Å². The summed E-state index contributed by atoms with van der Waals surface area (Å²) in [5.41, 5.74) is 3.81. The first-order valence-electron chi connectivity index (χ1n) is 13.0. The van der Waals surface area contributed by atoms with Crippen LogP contribution in [-0.2, 0) is 19.4 Å². The van der Waals surface area contributed by atoms with E-state index in [9.17, 15) is 4.79 Å². The minimum atomic E-state index is -0.0960. The van der Waals surface area contributed by atoms with Crippen LogP contribution in [-0.4, -0.2) is 35.7 Å². The van der Waals surface area contributed by atoms with Gasteiger partial charge in [-0.15, -0.1) is 6.58 Å². The number of imidazole rings is 1. The predicted octanol–water partition coefficient (Wildman–Crippen LogP) is 6.65. The van der Waals surface area contributed by atoms with Crippen LogP contribution in [0.1, 0.15) is 41.0 Å². The van der Waals surface area contributed by atoms with E-state index in [-0.39, 0.29) is 5.91 Å². The summed E-state index contributed by atoms with van der Waals surface area (Å²) in [4.78, 5) is 17.2. The molecule has 6 nitrogen and oxygen atoms in total. The minimum Gasteiger partial charge on any atom is -0.493 e. The third-order valence-electron chi connectivity index (χ3n) is 6.36. The molecule has 0 unspecified atom stereocenters. The molecule has 0 spiro atoms. The average Bonchev–Trinajstić information content (AvgIpc) is 3.28. The number of nitrogens with one attached hydrogen (secondary N) is 1. The summed E-state index contributed by atoms with van der Waals surface area (Å²) in [5, 5.41) is 3.53. The standard InChI is InChI=1S/C31H34ClN3O3/c1-3-10-23-16-17-28(29(21-23)37-2)38-20-19-35-27-14-7-6-13-26(27)34-30(35)15-5-4-8-18-33-31(36)24-11-9-12-25(32)22-24/h3,6-7,9,11-14,16-17,21-22H,1,4-5,8,10,15,18-20H2,2H3,(H,33,36). The van der Waals surface area contributed by atoms with E-state index >= 15 is 0 Å². The number of amides is 1. The van der Waals surface area contributed by atoms with E-state index in [1.807, 2.05) is 42.5 Å². The molecule has 1 aromatic heterocycles. The number of benzene rings is 3. The number of hydrogen-bond acceptors (Lipinski definition) is 4. The van der Waals surface area contributed by atoms with Crippen molar-refractivity contribution in [2.75, 3.05) is 20.3 Å². The highest BCUT2D eigenvalue weighted by atomic mass is 35.5. The number of carbonyl (C=O) groups is 1. The van der Waals surface area contributed by atoms with Crippen LogP contribution in [0.5, 0.6) is 11.5 Å². The number of carbonyl (C=O) groups excluding carboxylic acids is 1. The molecule has 4 rings (SSSR count). The van der Waals surface area contributed by atoms with Gasteiger partial charge in [0.15, 0.2) is 11.5 Å². The van der Waals surface area contributed by atoms with Crippen LogP contribution < -0.4 is 14.8 Å². The maximum Gasteiger partial charge on any atom is 0.251 e. The average molecular weight is 532 g/mol. The molecule has 0 saturated heterocycles. The van der Waals surface area contributed by atoms with Crippen molar-refractivity contribution >= 4 is 28.5 Å². The number of nitrogens with zero attached hydrogens (tertiary/aromatic N) is 2. The lowest BCUT2D eigenvalue weighted by Crippen LogP contribution is -2.24. The van der Waals surface area contributed by atoms with Crippen LogP contribution in [0.2, 0.25) is 5.02 Å². The van der Waals surface area contributed by atoms with Crippen molar-refractivity contribution in [3.8, 4) is 11.5 Å². The first kappa shape index (κ1) is 27.3. The zero-order chi connectivity index (χ0) is 26.7. The molecule has 1 N–H and O–H groups in total. The minimum absolute atomic E-state index is 0.0960. The first-order chi connectivity index (χ1) is 18.6. The normalized spacial score (nSPS) is 10.9. The Morgan fingerprint density at radius 1 is 1.05 bits per heavy atom. The van der Waals surface area contributed by atoms with E-state index in [2.05, 4.69) is 22.5 Å². The second kappa shape index (κ2) is 13.7. The molecule has 0 bridgehead atoms. The van der Waals surface area contributed by atoms with E-state index in [0.29, 0.717) is 30.3 Å². The zero-order valence-electron chi connectivity index (χ0n) is 21.8. The van der Waals surface area contributed by atoms with Crippen molar-refractivity contribution in [3.05, 3.63) is 101 Å². The largest absolute Gasteiger partial charge is 0.493 e. The second-order valence-corrected chi connectivity index (χ2v) is 9.51. The highest BCUT2D eigenvalue weighted by molar-refractivity contribution is 6.30. The molecular weight excluding hydrogens is 498 g/mol. The van der Waals surface area contributed by atoms with Gasteiger partial charge < -0.3 is 19.4 Å². The van der Waals surface area contributed by atoms with Gasteiger partial charge in [0, 0.05) is 23.6 Å². The van der Waals surface area contributed by atoms with Gasteiger partial charge in [-0.3, -0.25) is 4.79 Å². The highest BCUT2D eigenvalue weighted by Crippen LogP contribution is 2.28. The van der Waals surface area contributed by atoms with Crippen LogP contribution in [0.25, 0.3) is 11.0 Å². The van der Waals surface area contributed by atoms with Gasteiger partial charge in [0.05, 0.1) is 24.7 Å². The Morgan fingerprint density at radius 3 is 2.74 bits per heavy atom. The number of aryl methyl sites for hydroxylation is 1. The number of allylic oxidation sites excluding steroid dienone is 1. The number of halogens is 1. The molecule has 4 aromatic rings. The molecular formula is C31H34ClN3O3. The molecule has 0 aliphatic rings. The molecule has 38 heavy (non-hydrogen) atoms. The molecule has 7 heteroatoms. The summed E-state index contributed by atoms with van der Waals surface area (Å²) < 4.78 is 13.9. The summed E-state index contributed by atoms with van der Waals surface area (Å²) >= 11 is 5.98. The number of ether oxygens (including phenoxy) is 2. The quantitative estimate of drug-likeness (QED) is 0.146. The summed E-state index contributed by atoms with van der Waals surface area (Å²) in [5.74, 6) is 2.40. The summed E-state index contributed by atoms with van der Waals surface area (Å²) in [6, 6.07) is 21.2. The van der Waals surface area contributed by atoms with Crippen molar-refractivity contribution < 1.29 is 14.3 Å². The number of rotatable bonds is 14. The van der Waals surface area contributed by atoms with Crippen LogP contribution in [0.4, 0.5) is 0 Å². The van der Waals surface area contributed by atoms with E-state index in [4.69, 9.17) is 26.1 Å². The SMILES string of the molecule is C=CCc1ccc(OCCn2c(CCCCCNC(=O)c3cccc(Cl)c3)nc3ccccc32)c(OC)c1. The fourth-order valence-electron chi connectivity index (χ4n) is 4.46. The van der Waals surface area contributed by atoms with Gasteiger partial charge in [-0.05, 0) is 67.3 Å². The third-order valence-corrected chi connectivity index (χ3v) is 6.60. The molecule has 198 valence electrons. The molecule has 0 fully saturated rings. The van der Waals surface area contributed by atoms with Crippen LogP contribution in [0.15, 0.2) is 79.4 Å². The molecule has 0 radical (unpaired) electrons. The summed E-state index contributed by atoms with van der Waals surface area (Å²) in [7, 11) is 1.66. The van der Waals surface area contributed by atoms with Gasteiger partial charge >= 0.3 is 0 Å². The van der Waals surface area contributed by atoms with Crippen LogP contribution in [0.3, 0.4) is 0 Å². The lowest BCUT2D eigenvalue weighted by atomic mass is 10.1. The van der Waals surface area contributed by atoms with Crippen molar-refractivity contribution in [1.29, 1.82) is 0 Å². The van der Waals surface area contributed by atoms with Crippen molar-refractivity contribution in [2.45, 2.75) is 38.6 Å². The van der Waals surface area contributed by atoms with Crippen molar-refractivity contribution in [2.24, 2.45) is 0 Å². The number of para-hydroxylation sites is 2. The first-order valence-corrected chi connectivity index (χ1v) is 13.4. The number of aromatic nitrogens is 2. The van der Waals surface area contributed by atoms with Crippen LogP contribution in [0, 0.1) is 0 Å². The second-order valence-electron chi connectivity index (χ2n) is 9.07. The zero-order valence-corrected chi connectivity index (χ0v) is 22.5. The molecule has 3 aromatic carbocycles. The van der Waals surface area contributed by atoms with Gasteiger partial charge in [-0.25, -0.2) is 4.98 Å². The molecule has 1 amide bonds. The lowest BCUT2D eigenvalue weighted by molar-refractivity contribution is 0.0953. The molecule has 0 atom stereocenters. The fraction of sp³-hybridized carbons (Fsp3) is 0.290.